The molecule has 0 aromatic heterocycles. The van der Waals surface area contributed by atoms with Crippen LogP contribution in [0.1, 0.15) is 47.5 Å². The van der Waals surface area contributed by atoms with Crippen molar-refractivity contribution < 1.29 is 0 Å². The maximum Gasteiger partial charge on any atom is 0.0190 e. The molecule has 0 aliphatic carbocycles. The van der Waals surface area contributed by atoms with Gasteiger partial charge in [0, 0.05) is 12.6 Å². The zero-order valence-corrected chi connectivity index (χ0v) is 11.3. The van der Waals surface area contributed by atoms with E-state index in [2.05, 4.69) is 39.5 Å². The minimum absolute atomic E-state index is 0.530. The monoisotopic (exact) mass is 214 g/mol. The zero-order chi connectivity index (χ0) is 11.8. The van der Waals surface area contributed by atoms with Crippen LogP contribution in [-0.4, -0.2) is 30.6 Å². The maximum atomic E-state index is 5.74. The first-order valence-corrected chi connectivity index (χ1v) is 6.41. The third-order valence-electron chi connectivity index (χ3n) is 2.95. The Kier molecular flexibility index (Phi) is 8.07. The van der Waals surface area contributed by atoms with Gasteiger partial charge in [-0.2, -0.15) is 0 Å². The highest BCUT2D eigenvalue weighted by molar-refractivity contribution is 4.69. The van der Waals surface area contributed by atoms with Crippen molar-refractivity contribution in [2.45, 2.75) is 53.5 Å². The highest BCUT2D eigenvalue weighted by atomic mass is 15.2. The van der Waals surface area contributed by atoms with E-state index in [9.17, 15) is 0 Å². The number of hydrogen-bond donors (Lipinski definition) is 1. The molecule has 0 radical (unpaired) electrons. The topological polar surface area (TPSA) is 29.3 Å². The van der Waals surface area contributed by atoms with Crippen molar-refractivity contribution in [1.29, 1.82) is 0 Å². The van der Waals surface area contributed by atoms with Crippen LogP contribution in [0.2, 0.25) is 0 Å². The first-order valence-electron chi connectivity index (χ1n) is 6.41. The Bertz CT molecular complexity index is 131. The molecule has 0 aliphatic heterocycles. The predicted molar refractivity (Wildman–Crippen MR) is 69.0 cm³/mol. The molecule has 0 spiro atoms. The smallest absolute Gasteiger partial charge is 0.0190 e. The number of hydrogen-bond acceptors (Lipinski definition) is 2. The fraction of sp³-hybridized carbons (Fsp3) is 1.00. The van der Waals surface area contributed by atoms with Crippen LogP contribution in [0.4, 0.5) is 0 Å². The van der Waals surface area contributed by atoms with Gasteiger partial charge in [-0.3, -0.25) is 4.90 Å². The Labute approximate surface area is 96.2 Å². The van der Waals surface area contributed by atoms with E-state index in [1.807, 2.05) is 0 Å². The Balaban J connectivity index is 3.95. The highest BCUT2D eigenvalue weighted by Gasteiger charge is 2.12. The highest BCUT2D eigenvalue weighted by Crippen LogP contribution is 2.09. The van der Waals surface area contributed by atoms with Gasteiger partial charge in [0.15, 0.2) is 0 Å². The minimum Gasteiger partial charge on any atom is -0.329 e. The molecule has 0 aromatic carbocycles. The Morgan fingerprint density at radius 1 is 0.867 bits per heavy atom. The molecule has 0 saturated carbocycles. The lowest BCUT2D eigenvalue weighted by molar-refractivity contribution is 0.191. The second kappa shape index (κ2) is 8.12. The van der Waals surface area contributed by atoms with Gasteiger partial charge in [0.25, 0.3) is 0 Å². The number of nitrogens with two attached hydrogens (primary N) is 1. The summed E-state index contributed by atoms with van der Waals surface area (Å²) in [5, 5.41) is 0. The van der Waals surface area contributed by atoms with E-state index in [0.717, 1.165) is 18.4 Å². The van der Waals surface area contributed by atoms with Crippen LogP contribution in [0.15, 0.2) is 0 Å². The van der Waals surface area contributed by atoms with Crippen molar-refractivity contribution in [3.63, 3.8) is 0 Å². The third kappa shape index (κ3) is 7.80. The summed E-state index contributed by atoms with van der Waals surface area (Å²) in [4.78, 5) is 2.54. The van der Waals surface area contributed by atoms with Gasteiger partial charge in [-0.05, 0) is 44.7 Å². The van der Waals surface area contributed by atoms with Gasteiger partial charge >= 0.3 is 0 Å². The fourth-order valence-electron chi connectivity index (χ4n) is 1.55. The average molecular weight is 214 g/mol. The van der Waals surface area contributed by atoms with Gasteiger partial charge in [0.1, 0.15) is 0 Å². The molecule has 0 fully saturated rings. The van der Waals surface area contributed by atoms with E-state index in [1.54, 1.807) is 0 Å². The molecule has 0 saturated heterocycles. The summed E-state index contributed by atoms with van der Waals surface area (Å²) in [6.45, 7) is 14.5. The molecular weight excluding hydrogens is 184 g/mol. The van der Waals surface area contributed by atoms with Crippen LogP contribution >= 0.6 is 0 Å². The molecule has 0 aliphatic rings. The molecule has 0 heterocycles. The van der Waals surface area contributed by atoms with E-state index >= 15 is 0 Å². The Hall–Kier alpha value is -0.0800. The quantitative estimate of drug-likeness (QED) is 0.673. The van der Waals surface area contributed by atoms with Crippen LogP contribution in [0.5, 0.6) is 0 Å². The van der Waals surface area contributed by atoms with Crippen molar-refractivity contribution >= 4 is 0 Å². The molecule has 2 heteroatoms. The van der Waals surface area contributed by atoms with Crippen LogP contribution < -0.4 is 5.73 Å². The second-order valence-corrected chi connectivity index (χ2v) is 5.49. The van der Waals surface area contributed by atoms with E-state index < -0.39 is 0 Å². The molecule has 2 nitrogen and oxygen atoms in total. The van der Waals surface area contributed by atoms with E-state index in [0.29, 0.717) is 6.04 Å². The van der Waals surface area contributed by atoms with Crippen molar-refractivity contribution in [1.82, 2.24) is 4.90 Å². The van der Waals surface area contributed by atoms with Gasteiger partial charge in [-0.25, -0.2) is 0 Å². The first kappa shape index (κ1) is 14.9. The first-order chi connectivity index (χ1) is 6.97. The van der Waals surface area contributed by atoms with Gasteiger partial charge in [0.05, 0.1) is 0 Å². The van der Waals surface area contributed by atoms with E-state index in [4.69, 9.17) is 5.73 Å². The van der Waals surface area contributed by atoms with Gasteiger partial charge in [-0.15, -0.1) is 0 Å². The third-order valence-corrected chi connectivity index (χ3v) is 2.95. The summed E-state index contributed by atoms with van der Waals surface area (Å²) in [6, 6.07) is 0.530. The predicted octanol–water partition coefficient (Wildman–Crippen LogP) is 2.73. The molecule has 0 rings (SSSR count). The second-order valence-electron chi connectivity index (χ2n) is 5.49. The Morgan fingerprint density at radius 2 is 1.27 bits per heavy atom. The fourth-order valence-corrected chi connectivity index (χ4v) is 1.55. The lowest BCUT2D eigenvalue weighted by Crippen LogP contribution is -2.40. The molecule has 0 bridgehead atoms. The largest absolute Gasteiger partial charge is 0.329 e. The SMILES string of the molecule is CC(C)CCN(CCC(C)C)C(C)CN. The van der Waals surface area contributed by atoms with E-state index in [1.165, 1.54) is 25.9 Å². The van der Waals surface area contributed by atoms with Crippen LogP contribution in [-0.2, 0) is 0 Å². The van der Waals surface area contributed by atoms with Crippen LogP contribution in [0.25, 0.3) is 0 Å². The molecule has 1 unspecified atom stereocenters. The Morgan fingerprint density at radius 3 is 1.53 bits per heavy atom. The summed E-state index contributed by atoms with van der Waals surface area (Å²) < 4.78 is 0. The molecule has 15 heavy (non-hydrogen) atoms. The van der Waals surface area contributed by atoms with E-state index in [-0.39, 0.29) is 0 Å². The lowest BCUT2D eigenvalue weighted by atomic mass is 10.1. The van der Waals surface area contributed by atoms with Crippen molar-refractivity contribution in [3.8, 4) is 0 Å². The molecule has 92 valence electrons. The molecule has 2 N–H and O–H groups in total. The van der Waals surface area contributed by atoms with Crippen molar-refractivity contribution in [3.05, 3.63) is 0 Å². The van der Waals surface area contributed by atoms with Crippen molar-refractivity contribution in [2.24, 2.45) is 17.6 Å². The maximum absolute atomic E-state index is 5.74. The number of nitrogens with zero attached hydrogens (tertiary/aromatic N) is 1. The van der Waals surface area contributed by atoms with Crippen LogP contribution in [0, 0.1) is 11.8 Å². The molecule has 0 amide bonds. The summed E-state index contributed by atoms with van der Waals surface area (Å²) in [6.07, 6.45) is 2.56. The molecular formula is C13H30N2. The average Bonchev–Trinajstić information content (AvgIpc) is 2.16. The summed E-state index contributed by atoms with van der Waals surface area (Å²) in [5.74, 6) is 1.58. The number of rotatable bonds is 8. The van der Waals surface area contributed by atoms with Crippen LogP contribution in [0.3, 0.4) is 0 Å². The summed E-state index contributed by atoms with van der Waals surface area (Å²) in [7, 11) is 0. The van der Waals surface area contributed by atoms with Crippen molar-refractivity contribution in [2.75, 3.05) is 19.6 Å². The van der Waals surface area contributed by atoms with Gasteiger partial charge in [0.2, 0.25) is 0 Å². The zero-order valence-electron chi connectivity index (χ0n) is 11.3. The lowest BCUT2D eigenvalue weighted by Gasteiger charge is -2.29. The molecule has 0 aromatic rings. The summed E-state index contributed by atoms with van der Waals surface area (Å²) in [5.41, 5.74) is 5.74. The standard InChI is InChI=1S/C13H30N2/c1-11(2)6-8-15(13(5)10-14)9-7-12(3)4/h11-13H,6-10,14H2,1-5H3. The minimum atomic E-state index is 0.530. The summed E-state index contributed by atoms with van der Waals surface area (Å²) >= 11 is 0. The van der Waals surface area contributed by atoms with Gasteiger partial charge in [-0.1, -0.05) is 27.7 Å². The molecule has 1 atom stereocenters. The van der Waals surface area contributed by atoms with Gasteiger partial charge < -0.3 is 5.73 Å². The normalized spacial score (nSPS) is 14.2.